The van der Waals surface area contributed by atoms with Crippen LogP contribution in [0.15, 0.2) is 29.5 Å². The number of anilines is 2. The topological polar surface area (TPSA) is 92.3 Å². The standard InChI is InChI=1S/C17H27N6O2P/c1-26(2,24)15-6-4-14(5-7-15)21-17-19-12-18-16(22-17)20-13-23-8-3-10-25-11-9-23/h4,6,12H,3,5,7-11,13H2,1-2H3,(H2,18,19,20,21,22). The molecule has 0 amide bonds. The van der Waals surface area contributed by atoms with Crippen molar-refractivity contribution in [3.63, 3.8) is 0 Å². The van der Waals surface area contributed by atoms with Crippen molar-refractivity contribution < 1.29 is 9.30 Å². The van der Waals surface area contributed by atoms with Crippen LogP contribution in [0.5, 0.6) is 0 Å². The van der Waals surface area contributed by atoms with E-state index >= 15 is 0 Å². The van der Waals surface area contributed by atoms with Gasteiger partial charge < -0.3 is 19.9 Å². The van der Waals surface area contributed by atoms with Crippen LogP contribution in [-0.4, -0.2) is 66.2 Å². The van der Waals surface area contributed by atoms with Crippen molar-refractivity contribution in [3.05, 3.63) is 29.5 Å². The van der Waals surface area contributed by atoms with Gasteiger partial charge in [-0.2, -0.15) is 4.98 Å². The van der Waals surface area contributed by atoms with Crippen LogP contribution in [0.1, 0.15) is 19.3 Å². The van der Waals surface area contributed by atoms with Crippen molar-refractivity contribution >= 4 is 19.0 Å². The van der Waals surface area contributed by atoms with E-state index in [9.17, 15) is 4.57 Å². The summed E-state index contributed by atoms with van der Waals surface area (Å²) in [6.07, 6.45) is 8.06. The van der Waals surface area contributed by atoms with Crippen molar-refractivity contribution in [2.75, 3.05) is 56.9 Å². The number of nitrogens with one attached hydrogen (secondary N) is 2. The zero-order chi connectivity index (χ0) is 18.4. The second-order valence-electron chi connectivity index (χ2n) is 6.88. The molecule has 1 fully saturated rings. The summed E-state index contributed by atoms with van der Waals surface area (Å²) in [5.74, 6) is 1.06. The second kappa shape index (κ2) is 8.75. The fourth-order valence-corrected chi connectivity index (χ4v) is 3.99. The number of nitrogens with zero attached hydrogens (tertiary/aromatic N) is 4. The molecule has 9 heteroatoms. The Balaban J connectivity index is 1.57. The quantitative estimate of drug-likeness (QED) is 0.730. The summed E-state index contributed by atoms with van der Waals surface area (Å²) >= 11 is 0. The fraction of sp³-hybridized carbons (Fsp3) is 0.588. The number of aromatic nitrogens is 3. The Labute approximate surface area is 154 Å². The molecule has 2 heterocycles. The number of hydrogen-bond donors (Lipinski definition) is 2. The van der Waals surface area contributed by atoms with Gasteiger partial charge in [0.05, 0.1) is 13.3 Å². The number of rotatable bonds is 6. The Morgan fingerprint density at radius 2 is 2.00 bits per heavy atom. The van der Waals surface area contributed by atoms with Gasteiger partial charge in [0.15, 0.2) is 0 Å². The van der Waals surface area contributed by atoms with E-state index in [2.05, 4.69) is 30.5 Å². The molecule has 142 valence electrons. The molecule has 0 spiro atoms. The minimum atomic E-state index is -2.16. The molecule has 8 nitrogen and oxygen atoms in total. The van der Waals surface area contributed by atoms with Gasteiger partial charge in [-0.3, -0.25) is 4.90 Å². The first-order valence-corrected chi connectivity index (χ1v) is 11.6. The molecule has 2 N–H and O–H groups in total. The van der Waals surface area contributed by atoms with Crippen LogP contribution in [0.2, 0.25) is 0 Å². The molecule has 0 saturated carbocycles. The molecule has 3 rings (SSSR count). The lowest BCUT2D eigenvalue weighted by molar-refractivity contribution is 0.142. The van der Waals surface area contributed by atoms with E-state index in [0.29, 0.717) is 18.6 Å². The average Bonchev–Trinajstić information content (AvgIpc) is 2.89. The van der Waals surface area contributed by atoms with E-state index in [-0.39, 0.29) is 0 Å². The highest BCUT2D eigenvalue weighted by Gasteiger charge is 2.17. The third kappa shape index (κ3) is 5.62. The summed E-state index contributed by atoms with van der Waals surface area (Å²) in [4.78, 5) is 15.1. The Bertz CT molecular complexity index is 722. The van der Waals surface area contributed by atoms with Crippen LogP contribution < -0.4 is 10.6 Å². The van der Waals surface area contributed by atoms with Crippen LogP contribution in [0, 0.1) is 0 Å². The van der Waals surface area contributed by atoms with Gasteiger partial charge in [0.2, 0.25) is 11.9 Å². The molecule has 0 bridgehead atoms. The normalized spacial score (nSPS) is 19.3. The third-order valence-corrected chi connectivity index (χ3v) is 6.19. The maximum absolute atomic E-state index is 12.1. The van der Waals surface area contributed by atoms with Crippen molar-refractivity contribution in [3.8, 4) is 0 Å². The molecule has 0 atom stereocenters. The zero-order valence-corrected chi connectivity index (χ0v) is 16.3. The zero-order valence-electron chi connectivity index (χ0n) is 15.4. The van der Waals surface area contributed by atoms with Crippen LogP contribution in [0.3, 0.4) is 0 Å². The summed E-state index contributed by atoms with van der Waals surface area (Å²) < 4.78 is 17.6. The lowest BCUT2D eigenvalue weighted by Gasteiger charge is -2.20. The van der Waals surface area contributed by atoms with E-state index in [1.165, 1.54) is 6.33 Å². The molecule has 1 aromatic heterocycles. The molecule has 2 aliphatic rings. The van der Waals surface area contributed by atoms with Crippen LogP contribution in [0.25, 0.3) is 0 Å². The number of allylic oxidation sites excluding steroid dienone is 4. The highest BCUT2D eigenvalue weighted by molar-refractivity contribution is 7.66. The molecule has 0 aromatic carbocycles. The van der Waals surface area contributed by atoms with Gasteiger partial charge in [-0.25, -0.2) is 9.97 Å². The highest BCUT2D eigenvalue weighted by Crippen LogP contribution is 2.49. The van der Waals surface area contributed by atoms with E-state index < -0.39 is 7.14 Å². The van der Waals surface area contributed by atoms with E-state index in [4.69, 9.17) is 4.74 Å². The largest absolute Gasteiger partial charge is 0.380 e. The van der Waals surface area contributed by atoms with E-state index in [0.717, 1.165) is 56.6 Å². The molecule has 0 radical (unpaired) electrons. The van der Waals surface area contributed by atoms with Crippen molar-refractivity contribution in [1.82, 2.24) is 19.9 Å². The average molecular weight is 378 g/mol. The first-order chi connectivity index (χ1) is 12.5. The first kappa shape index (κ1) is 19.0. The summed E-state index contributed by atoms with van der Waals surface area (Å²) in [5, 5.41) is 7.51. The molecule has 1 saturated heterocycles. The molecule has 26 heavy (non-hydrogen) atoms. The fourth-order valence-electron chi connectivity index (χ4n) is 2.90. The molecular formula is C17H27N6O2P. The maximum atomic E-state index is 12.1. The predicted octanol–water partition coefficient (Wildman–Crippen LogP) is 2.56. The maximum Gasteiger partial charge on any atom is 0.231 e. The number of hydrogen-bond acceptors (Lipinski definition) is 8. The molecule has 1 aliphatic carbocycles. The monoisotopic (exact) mass is 378 g/mol. The third-order valence-electron chi connectivity index (χ3n) is 4.44. The van der Waals surface area contributed by atoms with Crippen molar-refractivity contribution in [1.29, 1.82) is 0 Å². The van der Waals surface area contributed by atoms with Crippen LogP contribution in [-0.2, 0) is 9.30 Å². The van der Waals surface area contributed by atoms with Gasteiger partial charge in [0, 0.05) is 25.4 Å². The Kier molecular flexibility index (Phi) is 6.40. The van der Waals surface area contributed by atoms with Gasteiger partial charge in [0.25, 0.3) is 0 Å². The van der Waals surface area contributed by atoms with Crippen LogP contribution >= 0.6 is 7.14 Å². The minimum Gasteiger partial charge on any atom is -0.380 e. The van der Waals surface area contributed by atoms with E-state index in [1.807, 2.05) is 25.5 Å². The molecule has 1 aliphatic heterocycles. The second-order valence-corrected chi connectivity index (χ2v) is 10.2. The van der Waals surface area contributed by atoms with Crippen molar-refractivity contribution in [2.24, 2.45) is 0 Å². The molecule has 1 aromatic rings. The highest BCUT2D eigenvalue weighted by atomic mass is 31.2. The van der Waals surface area contributed by atoms with E-state index in [1.54, 1.807) is 0 Å². The number of ether oxygens (including phenoxy) is 1. The molecule has 0 unspecified atom stereocenters. The summed E-state index contributed by atoms with van der Waals surface area (Å²) in [6, 6.07) is 0. The summed E-state index contributed by atoms with van der Waals surface area (Å²) in [7, 11) is -2.16. The Hall–Kier alpha value is -1.76. The smallest absolute Gasteiger partial charge is 0.231 e. The SMILES string of the molecule is CP(C)(=O)C1=CC=C(Nc2ncnc(NCN3CCCOCC3)n2)CC1. The van der Waals surface area contributed by atoms with Gasteiger partial charge in [0.1, 0.15) is 13.5 Å². The molecular weight excluding hydrogens is 351 g/mol. The lowest BCUT2D eigenvalue weighted by Crippen LogP contribution is -2.32. The summed E-state index contributed by atoms with van der Waals surface area (Å²) in [5.41, 5.74) is 1.02. The van der Waals surface area contributed by atoms with Gasteiger partial charge in [-0.15, -0.1) is 0 Å². The van der Waals surface area contributed by atoms with Gasteiger partial charge in [-0.1, -0.05) is 6.08 Å². The summed E-state index contributed by atoms with van der Waals surface area (Å²) in [6.45, 7) is 7.80. The Morgan fingerprint density at radius 1 is 1.15 bits per heavy atom. The van der Waals surface area contributed by atoms with Crippen LogP contribution in [0.4, 0.5) is 11.9 Å². The van der Waals surface area contributed by atoms with Crippen molar-refractivity contribution in [2.45, 2.75) is 19.3 Å². The lowest BCUT2D eigenvalue weighted by atomic mass is 10.1. The predicted molar refractivity (Wildman–Crippen MR) is 104 cm³/mol. The minimum absolute atomic E-state index is 0.515. The van der Waals surface area contributed by atoms with Gasteiger partial charge in [-0.05, 0) is 44.0 Å². The Morgan fingerprint density at radius 3 is 2.77 bits per heavy atom. The van der Waals surface area contributed by atoms with Gasteiger partial charge >= 0.3 is 0 Å². The first-order valence-electron chi connectivity index (χ1n) is 8.96.